The number of urea groups is 1. The standard InChI is InChI=1S/C17H23N3O2/c18-17(22)20-16(21)15(14-9-5-2-6-10-14)19-12-11-13-7-3-1-4-8-13/h2,5-7,9-10,15,19H,1,3-4,8,11-12H2,(H3,18,20,21,22)/p+1/t15-/m1/s1. The van der Waals surface area contributed by atoms with Gasteiger partial charge in [-0.25, -0.2) is 4.79 Å². The zero-order valence-electron chi connectivity index (χ0n) is 12.8. The van der Waals surface area contributed by atoms with Crippen LogP contribution < -0.4 is 16.4 Å². The van der Waals surface area contributed by atoms with Crippen molar-refractivity contribution in [1.82, 2.24) is 5.32 Å². The molecule has 0 aromatic heterocycles. The van der Waals surface area contributed by atoms with E-state index in [-0.39, 0.29) is 5.91 Å². The summed E-state index contributed by atoms with van der Waals surface area (Å²) in [5.41, 5.74) is 7.41. The highest BCUT2D eigenvalue weighted by Crippen LogP contribution is 2.19. The lowest BCUT2D eigenvalue weighted by Crippen LogP contribution is -2.87. The fraction of sp³-hybridized carbons (Fsp3) is 0.412. The van der Waals surface area contributed by atoms with Crippen molar-refractivity contribution >= 4 is 11.9 Å². The monoisotopic (exact) mass is 302 g/mol. The summed E-state index contributed by atoms with van der Waals surface area (Å²) in [6, 6.07) is 8.20. The minimum atomic E-state index is -0.811. The average Bonchev–Trinajstić information content (AvgIpc) is 2.52. The van der Waals surface area contributed by atoms with E-state index in [1.165, 1.54) is 24.8 Å². The number of carbonyl (C=O) groups is 2. The summed E-state index contributed by atoms with van der Waals surface area (Å²) < 4.78 is 0. The molecule has 0 heterocycles. The molecule has 0 radical (unpaired) electrons. The normalized spacial score (nSPS) is 15.7. The predicted octanol–water partition coefficient (Wildman–Crippen LogP) is 1.38. The van der Waals surface area contributed by atoms with Crippen molar-refractivity contribution in [2.75, 3.05) is 6.54 Å². The second kappa shape index (κ2) is 8.34. The number of rotatable bonds is 6. The highest BCUT2D eigenvalue weighted by Gasteiger charge is 2.24. The third kappa shape index (κ3) is 5.00. The first-order chi connectivity index (χ1) is 10.7. The molecule has 0 saturated heterocycles. The van der Waals surface area contributed by atoms with Crippen molar-refractivity contribution in [1.29, 1.82) is 0 Å². The molecule has 0 aliphatic heterocycles. The summed E-state index contributed by atoms with van der Waals surface area (Å²) in [5.74, 6) is -0.365. The quantitative estimate of drug-likeness (QED) is 0.693. The Labute approximate surface area is 131 Å². The van der Waals surface area contributed by atoms with Gasteiger partial charge in [0.2, 0.25) is 0 Å². The van der Waals surface area contributed by atoms with Crippen molar-refractivity contribution in [3.8, 4) is 0 Å². The number of imide groups is 1. The van der Waals surface area contributed by atoms with Gasteiger partial charge in [0.05, 0.1) is 6.54 Å². The summed E-state index contributed by atoms with van der Waals surface area (Å²) in [5, 5.41) is 4.16. The predicted molar refractivity (Wildman–Crippen MR) is 84.9 cm³/mol. The number of nitrogens with two attached hydrogens (primary N) is 2. The molecule has 0 spiro atoms. The molecule has 118 valence electrons. The number of allylic oxidation sites excluding steroid dienone is 1. The Morgan fingerprint density at radius 1 is 1.23 bits per heavy atom. The maximum atomic E-state index is 12.2. The van der Waals surface area contributed by atoms with Crippen molar-refractivity contribution in [3.05, 3.63) is 47.5 Å². The highest BCUT2D eigenvalue weighted by atomic mass is 16.2. The van der Waals surface area contributed by atoms with Crippen molar-refractivity contribution in [2.24, 2.45) is 5.73 Å². The van der Waals surface area contributed by atoms with Crippen LogP contribution in [0.15, 0.2) is 42.0 Å². The van der Waals surface area contributed by atoms with Crippen LogP contribution in [0.5, 0.6) is 0 Å². The van der Waals surface area contributed by atoms with E-state index in [0.717, 1.165) is 24.9 Å². The van der Waals surface area contributed by atoms with Crippen LogP contribution in [0.1, 0.15) is 43.7 Å². The van der Waals surface area contributed by atoms with Crippen molar-refractivity contribution in [2.45, 2.75) is 38.1 Å². The summed E-state index contributed by atoms with van der Waals surface area (Å²) in [6.07, 6.45) is 8.17. The van der Waals surface area contributed by atoms with E-state index < -0.39 is 12.1 Å². The van der Waals surface area contributed by atoms with Crippen LogP contribution in [0.4, 0.5) is 4.79 Å². The van der Waals surface area contributed by atoms with Gasteiger partial charge in [-0.2, -0.15) is 0 Å². The summed E-state index contributed by atoms with van der Waals surface area (Å²) in [4.78, 5) is 23.1. The lowest BCUT2D eigenvalue weighted by atomic mass is 9.97. The first-order valence-corrected chi connectivity index (χ1v) is 7.83. The second-order valence-corrected chi connectivity index (χ2v) is 5.62. The minimum Gasteiger partial charge on any atom is -0.351 e. The van der Waals surface area contributed by atoms with Crippen LogP contribution in [-0.2, 0) is 4.79 Å². The van der Waals surface area contributed by atoms with Crippen LogP contribution in [0.2, 0.25) is 0 Å². The molecule has 0 unspecified atom stereocenters. The summed E-state index contributed by atoms with van der Waals surface area (Å²) in [6.45, 7) is 0.817. The molecule has 0 fully saturated rings. The average molecular weight is 302 g/mol. The van der Waals surface area contributed by atoms with Crippen LogP contribution in [-0.4, -0.2) is 18.5 Å². The van der Waals surface area contributed by atoms with Crippen LogP contribution >= 0.6 is 0 Å². The van der Waals surface area contributed by atoms with Gasteiger partial charge in [0.15, 0.2) is 6.04 Å². The molecule has 3 amide bonds. The van der Waals surface area contributed by atoms with E-state index in [2.05, 4.69) is 11.4 Å². The molecule has 0 bridgehead atoms. The molecule has 5 heteroatoms. The molecule has 5 nitrogen and oxygen atoms in total. The Hall–Kier alpha value is -2.14. The second-order valence-electron chi connectivity index (χ2n) is 5.62. The fourth-order valence-corrected chi connectivity index (χ4v) is 2.82. The van der Waals surface area contributed by atoms with Gasteiger partial charge in [-0.05, 0) is 25.7 Å². The molecule has 1 aromatic rings. The van der Waals surface area contributed by atoms with Gasteiger partial charge in [-0.3, -0.25) is 10.1 Å². The summed E-state index contributed by atoms with van der Waals surface area (Å²) >= 11 is 0. The highest BCUT2D eigenvalue weighted by molar-refractivity contribution is 5.96. The first kappa shape index (κ1) is 16.2. The summed E-state index contributed by atoms with van der Waals surface area (Å²) in [7, 11) is 0. The Morgan fingerprint density at radius 2 is 2.00 bits per heavy atom. The minimum absolute atomic E-state index is 0.365. The van der Waals surface area contributed by atoms with Crippen LogP contribution in [0.25, 0.3) is 0 Å². The Morgan fingerprint density at radius 3 is 2.64 bits per heavy atom. The van der Waals surface area contributed by atoms with Crippen molar-refractivity contribution < 1.29 is 14.9 Å². The molecule has 0 saturated carbocycles. The van der Waals surface area contributed by atoms with Gasteiger partial charge >= 0.3 is 6.03 Å². The molecule has 22 heavy (non-hydrogen) atoms. The number of nitrogens with one attached hydrogen (secondary N) is 1. The molecular weight excluding hydrogens is 278 g/mol. The molecule has 1 aliphatic carbocycles. The number of amides is 3. The van der Waals surface area contributed by atoms with E-state index in [9.17, 15) is 9.59 Å². The topological polar surface area (TPSA) is 88.8 Å². The Bertz CT molecular complexity index is 540. The maximum Gasteiger partial charge on any atom is 0.319 e. The third-order valence-electron chi connectivity index (χ3n) is 3.94. The van der Waals surface area contributed by atoms with Gasteiger partial charge in [0.25, 0.3) is 5.91 Å². The fourth-order valence-electron chi connectivity index (χ4n) is 2.82. The largest absolute Gasteiger partial charge is 0.351 e. The third-order valence-corrected chi connectivity index (χ3v) is 3.94. The smallest absolute Gasteiger partial charge is 0.319 e. The van der Waals surface area contributed by atoms with Gasteiger partial charge in [-0.15, -0.1) is 0 Å². The van der Waals surface area contributed by atoms with E-state index in [0.29, 0.717) is 0 Å². The van der Waals surface area contributed by atoms with E-state index in [1.54, 1.807) is 0 Å². The van der Waals surface area contributed by atoms with Crippen LogP contribution in [0, 0.1) is 0 Å². The van der Waals surface area contributed by atoms with Crippen LogP contribution in [0.3, 0.4) is 0 Å². The number of quaternary nitrogens is 1. The van der Waals surface area contributed by atoms with Gasteiger partial charge in [0.1, 0.15) is 0 Å². The molecule has 1 aromatic carbocycles. The number of hydrogen-bond donors (Lipinski definition) is 3. The first-order valence-electron chi connectivity index (χ1n) is 7.83. The Balaban J connectivity index is 1.96. The van der Waals surface area contributed by atoms with Crippen molar-refractivity contribution in [3.63, 3.8) is 0 Å². The lowest BCUT2D eigenvalue weighted by molar-refractivity contribution is -0.682. The number of benzene rings is 1. The number of hydrogen-bond acceptors (Lipinski definition) is 2. The number of primary amides is 1. The van der Waals surface area contributed by atoms with E-state index in [4.69, 9.17) is 5.73 Å². The zero-order valence-corrected chi connectivity index (χ0v) is 12.8. The maximum absolute atomic E-state index is 12.2. The molecule has 1 aliphatic rings. The molecule has 1 atom stereocenters. The molecule has 2 rings (SSSR count). The zero-order chi connectivity index (χ0) is 15.8. The van der Waals surface area contributed by atoms with E-state index >= 15 is 0 Å². The Kier molecular flexibility index (Phi) is 6.15. The van der Waals surface area contributed by atoms with Gasteiger partial charge < -0.3 is 11.1 Å². The SMILES string of the molecule is NC(=O)NC(=O)[C@H]([NH2+]CCC1=CCCCC1)c1ccccc1. The van der Waals surface area contributed by atoms with Gasteiger partial charge in [0, 0.05) is 12.0 Å². The molecular formula is C17H24N3O2+. The van der Waals surface area contributed by atoms with E-state index in [1.807, 2.05) is 35.6 Å². The number of carbonyl (C=O) groups excluding carboxylic acids is 2. The molecule has 5 N–H and O–H groups in total. The lowest BCUT2D eigenvalue weighted by Gasteiger charge is -2.16. The van der Waals surface area contributed by atoms with Gasteiger partial charge in [-0.1, -0.05) is 42.0 Å².